The molecular formula is C15H18N4O2S. The first-order chi connectivity index (χ1) is 10.5. The van der Waals surface area contributed by atoms with E-state index in [0.29, 0.717) is 0 Å². The number of rotatable bonds is 5. The van der Waals surface area contributed by atoms with Crippen LogP contribution >= 0.6 is 12.2 Å². The van der Waals surface area contributed by atoms with Gasteiger partial charge in [0.2, 0.25) is 5.91 Å². The lowest BCUT2D eigenvalue weighted by molar-refractivity contribution is -0.121. The number of aryl methyl sites for hydroxylation is 2. The van der Waals surface area contributed by atoms with Gasteiger partial charge in [0, 0.05) is 12.8 Å². The molecule has 1 amide bonds. The number of carbonyl (C=O) groups excluding carboxylic acids is 1. The number of hydrogen-bond donors (Lipinski definition) is 3. The molecular weight excluding hydrogens is 300 g/mol. The minimum absolute atomic E-state index is 0.0819. The van der Waals surface area contributed by atoms with Gasteiger partial charge in [-0.2, -0.15) is 5.10 Å². The summed E-state index contributed by atoms with van der Waals surface area (Å²) in [4.78, 5) is 26.1. The number of carbonyl (C=O) groups is 1. The minimum Gasteiger partial charge on any atom is -0.350 e. The van der Waals surface area contributed by atoms with Crippen LogP contribution in [0.5, 0.6) is 0 Å². The molecule has 1 atom stereocenters. The lowest BCUT2D eigenvalue weighted by Crippen LogP contribution is -2.28. The van der Waals surface area contributed by atoms with E-state index in [9.17, 15) is 9.59 Å². The predicted octanol–water partition coefficient (Wildman–Crippen LogP) is 1.95. The van der Waals surface area contributed by atoms with Crippen molar-refractivity contribution in [2.45, 2.75) is 32.7 Å². The Morgan fingerprint density at radius 3 is 2.82 bits per heavy atom. The number of aromatic nitrogens is 3. The van der Waals surface area contributed by atoms with Crippen LogP contribution in [0.2, 0.25) is 0 Å². The van der Waals surface area contributed by atoms with Crippen molar-refractivity contribution in [1.82, 2.24) is 20.5 Å². The smallest absolute Gasteiger partial charge is 0.273 e. The van der Waals surface area contributed by atoms with Gasteiger partial charge >= 0.3 is 0 Å². The Morgan fingerprint density at radius 2 is 2.14 bits per heavy atom. The van der Waals surface area contributed by atoms with Gasteiger partial charge in [-0.1, -0.05) is 24.3 Å². The Kier molecular flexibility index (Phi) is 5.21. The average molecular weight is 318 g/mol. The molecule has 0 saturated carbocycles. The zero-order chi connectivity index (χ0) is 16.1. The molecule has 0 radical (unpaired) electrons. The molecule has 0 unspecified atom stereocenters. The second-order valence-electron chi connectivity index (χ2n) is 5.10. The molecule has 1 aromatic heterocycles. The fourth-order valence-corrected chi connectivity index (χ4v) is 2.38. The SMILES string of the molecule is Cc1ccccc1[C@H](C)NC(=O)CCc1n[nH]c(=S)[nH]c1=O. The van der Waals surface area contributed by atoms with E-state index in [2.05, 4.69) is 20.5 Å². The van der Waals surface area contributed by atoms with Crippen LogP contribution in [-0.4, -0.2) is 21.1 Å². The Bertz CT molecular complexity index is 781. The van der Waals surface area contributed by atoms with Gasteiger partial charge in [-0.15, -0.1) is 0 Å². The van der Waals surface area contributed by atoms with Crippen LogP contribution in [0.3, 0.4) is 0 Å². The molecule has 0 aliphatic carbocycles. The van der Waals surface area contributed by atoms with Crippen molar-refractivity contribution in [1.29, 1.82) is 0 Å². The van der Waals surface area contributed by atoms with Gasteiger partial charge in [0.25, 0.3) is 5.56 Å². The first kappa shape index (κ1) is 16.1. The van der Waals surface area contributed by atoms with Crippen LogP contribution < -0.4 is 10.9 Å². The van der Waals surface area contributed by atoms with Gasteiger partial charge in [-0.05, 0) is 37.2 Å². The number of H-pyrrole nitrogens is 2. The topological polar surface area (TPSA) is 90.6 Å². The van der Waals surface area contributed by atoms with Crippen LogP contribution in [-0.2, 0) is 11.2 Å². The first-order valence-electron chi connectivity index (χ1n) is 7.00. The van der Waals surface area contributed by atoms with E-state index in [0.717, 1.165) is 11.1 Å². The lowest BCUT2D eigenvalue weighted by atomic mass is 10.0. The van der Waals surface area contributed by atoms with E-state index in [4.69, 9.17) is 12.2 Å². The van der Waals surface area contributed by atoms with E-state index in [1.54, 1.807) is 0 Å². The fraction of sp³-hybridized carbons (Fsp3) is 0.333. The summed E-state index contributed by atoms with van der Waals surface area (Å²) in [5.74, 6) is -0.126. The van der Waals surface area contributed by atoms with Crippen molar-refractivity contribution < 1.29 is 4.79 Å². The number of hydrogen-bond acceptors (Lipinski definition) is 4. The van der Waals surface area contributed by atoms with Gasteiger partial charge in [0.1, 0.15) is 5.69 Å². The Balaban J connectivity index is 1.94. The fourth-order valence-electron chi connectivity index (χ4n) is 2.24. The molecule has 0 bridgehead atoms. The standard InChI is InChI=1S/C15H18N4O2S/c1-9-5-3-4-6-11(9)10(2)16-13(20)8-7-12-14(21)17-15(22)19-18-12/h3-6,10H,7-8H2,1-2H3,(H,16,20)(H2,17,19,21,22)/t10-/m0/s1. The number of nitrogens with one attached hydrogen (secondary N) is 3. The molecule has 2 rings (SSSR count). The lowest BCUT2D eigenvalue weighted by Gasteiger charge is -2.16. The molecule has 0 fully saturated rings. The Labute approximate surface area is 133 Å². The highest BCUT2D eigenvalue weighted by molar-refractivity contribution is 7.71. The van der Waals surface area contributed by atoms with Crippen LogP contribution in [0.4, 0.5) is 0 Å². The average Bonchev–Trinajstić information content (AvgIpc) is 2.46. The molecule has 1 heterocycles. The van der Waals surface area contributed by atoms with Crippen LogP contribution in [0.1, 0.15) is 36.2 Å². The molecule has 3 N–H and O–H groups in total. The van der Waals surface area contributed by atoms with Gasteiger partial charge in [0.05, 0.1) is 6.04 Å². The summed E-state index contributed by atoms with van der Waals surface area (Å²) in [6.45, 7) is 3.94. The molecule has 0 saturated heterocycles. The van der Waals surface area contributed by atoms with E-state index in [1.165, 1.54) is 0 Å². The summed E-state index contributed by atoms with van der Waals surface area (Å²) in [5, 5.41) is 9.29. The normalized spacial score (nSPS) is 11.9. The number of amides is 1. The van der Waals surface area contributed by atoms with Gasteiger partial charge in [-0.3, -0.25) is 19.7 Å². The van der Waals surface area contributed by atoms with E-state index in [-0.39, 0.29) is 40.8 Å². The Morgan fingerprint density at radius 1 is 1.41 bits per heavy atom. The molecule has 22 heavy (non-hydrogen) atoms. The number of aromatic amines is 2. The summed E-state index contributed by atoms with van der Waals surface area (Å²) in [6, 6.07) is 7.82. The number of benzene rings is 1. The molecule has 2 aromatic rings. The van der Waals surface area contributed by atoms with Crippen molar-refractivity contribution in [3.63, 3.8) is 0 Å². The van der Waals surface area contributed by atoms with Crippen LogP contribution in [0.15, 0.2) is 29.1 Å². The van der Waals surface area contributed by atoms with Crippen molar-refractivity contribution in [3.05, 3.63) is 56.2 Å². The van der Waals surface area contributed by atoms with Gasteiger partial charge in [-0.25, -0.2) is 0 Å². The highest BCUT2D eigenvalue weighted by Crippen LogP contribution is 2.16. The van der Waals surface area contributed by atoms with Gasteiger partial charge in [0.15, 0.2) is 4.77 Å². The third kappa shape index (κ3) is 4.11. The summed E-state index contributed by atoms with van der Waals surface area (Å²) in [7, 11) is 0. The van der Waals surface area contributed by atoms with Crippen molar-refractivity contribution in [3.8, 4) is 0 Å². The zero-order valence-corrected chi connectivity index (χ0v) is 13.3. The largest absolute Gasteiger partial charge is 0.350 e. The predicted molar refractivity (Wildman–Crippen MR) is 86.1 cm³/mol. The highest BCUT2D eigenvalue weighted by atomic mass is 32.1. The van der Waals surface area contributed by atoms with E-state index >= 15 is 0 Å². The van der Waals surface area contributed by atoms with Crippen LogP contribution in [0.25, 0.3) is 0 Å². The third-order valence-corrected chi connectivity index (χ3v) is 3.60. The van der Waals surface area contributed by atoms with Gasteiger partial charge < -0.3 is 5.32 Å². The summed E-state index contributed by atoms with van der Waals surface area (Å²) in [6.07, 6.45) is 0.449. The zero-order valence-electron chi connectivity index (χ0n) is 12.5. The maximum absolute atomic E-state index is 12.0. The molecule has 0 aliphatic rings. The monoisotopic (exact) mass is 318 g/mol. The summed E-state index contributed by atoms with van der Waals surface area (Å²) >= 11 is 4.77. The third-order valence-electron chi connectivity index (χ3n) is 3.40. The minimum atomic E-state index is -0.358. The quantitative estimate of drug-likeness (QED) is 0.735. The number of nitrogens with zero attached hydrogens (tertiary/aromatic N) is 1. The summed E-state index contributed by atoms with van der Waals surface area (Å²) < 4.78 is 0.173. The van der Waals surface area contributed by atoms with E-state index in [1.807, 2.05) is 38.1 Å². The highest BCUT2D eigenvalue weighted by Gasteiger charge is 2.12. The van der Waals surface area contributed by atoms with Crippen molar-refractivity contribution in [2.75, 3.05) is 0 Å². The Hall–Kier alpha value is -2.28. The van der Waals surface area contributed by atoms with Crippen molar-refractivity contribution in [2.24, 2.45) is 0 Å². The molecule has 6 nitrogen and oxygen atoms in total. The molecule has 116 valence electrons. The summed E-state index contributed by atoms with van der Waals surface area (Å²) in [5.41, 5.74) is 2.12. The molecule has 0 aliphatic heterocycles. The van der Waals surface area contributed by atoms with Crippen molar-refractivity contribution >= 4 is 18.1 Å². The first-order valence-corrected chi connectivity index (χ1v) is 7.41. The second-order valence-corrected chi connectivity index (χ2v) is 5.51. The molecule has 7 heteroatoms. The molecule has 1 aromatic carbocycles. The maximum atomic E-state index is 12.0. The van der Waals surface area contributed by atoms with E-state index < -0.39 is 0 Å². The second kappa shape index (κ2) is 7.13. The molecule has 0 spiro atoms. The van der Waals surface area contributed by atoms with Crippen LogP contribution in [0, 0.1) is 11.7 Å². The maximum Gasteiger partial charge on any atom is 0.273 e.